The van der Waals surface area contributed by atoms with Crippen molar-refractivity contribution in [3.63, 3.8) is 0 Å². The number of hydrogen-bond donors (Lipinski definition) is 1. The molecule has 58 valence electrons. The van der Waals surface area contributed by atoms with Gasteiger partial charge < -0.3 is 5.73 Å². The number of rotatable bonds is 4. The fourth-order valence-corrected chi connectivity index (χ4v) is 0.725. The van der Waals surface area contributed by atoms with Crippen molar-refractivity contribution in [2.45, 2.75) is 33.1 Å². The van der Waals surface area contributed by atoms with Gasteiger partial charge in [0.25, 0.3) is 0 Å². The summed E-state index contributed by atoms with van der Waals surface area (Å²) in [6.45, 7) is 8.04. The first kappa shape index (κ1) is 9.28. The minimum Gasteiger partial charge on any atom is -0.402 e. The SMILES string of the molecule is C=C(/C=C(\N)CCC)CC. The average Bonchev–Trinajstić information content (AvgIpc) is 1.88. The van der Waals surface area contributed by atoms with Crippen molar-refractivity contribution < 1.29 is 0 Å². The summed E-state index contributed by atoms with van der Waals surface area (Å²) in [5, 5.41) is 0. The van der Waals surface area contributed by atoms with Crippen LogP contribution in [0.4, 0.5) is 0 Å². The molecule has 1 heteroatoms. The van der Waals surface area contributed by atoms with E-state index < -0.39 is 0 Å². The van der Waals surface area contributed by atoms with Crippen LogP contribution in [0.25, 0.3) is 0 Å². The molecule has 0 atom stereocenters. The van der Waals surface area contributed by atoms with Gasteiger partial charge in [0.15, 0.2) is 0 Å². The van der Waals surface area contributed by atoms with E-state index >= 15 is 0 Å². The number of hydrogen-bond acceptors (Lipinski definition) is 1. The zero-order valence-electron chi connectivity index (χ0n) is 6.98. The van der Waals surface area contributed by atoms with Gasteiger partial charge in [-0.15, -0.1) is 0 Å². The molecule has 0 aromatic heterocycles. The van der Waals surface area contributed by atoms with Crippen LogP contribution in [0.1, 0.15) is 33.1 Å². The van der Waals surface area contributed by atoms with Crippen LogP contribution in [0.3, 0.4) is 0 Å². The molecule has 0 radical (unpaired) electrons. The minimum atomic E-state index is 0.953. The zero-order chi connectivity index (χ0) is 7.98. The van der Waals surface area contributed by atoms with Gasteiger partial charge in [-0.1, -0.05) is 32.4 Å². The monoisotopic (exact) mass is 139 g/mol. The second-order valence-electron chi connectivity index (χ2n) is 2.48. The third kappa shape index (κ3) is 4.19. The Labute approximate surface area is 63.6 Å². The fraction of sp³-hybridized carbons (Fsp3) is 0.556. The van der Waals surface area contributed by atoms with Gasteiger partial charge in [-0.3, -0.25) is 0 Å². The first-order valence-electron chi connectivity index (χ1n) is 3.84. The van der Waals surface area contributed by atoms with Crippen molar-refractivity contribution in [1.82, 2.24) is 0 Å². The lowest BCUT2D eigenvalue weighted by Gasteiger charge is -1.98. The highest BCUT2D eigenvalue weighted by Crippen LogP contribution is 2.04. The first-order chi connectivity index (χ1) is 4.70. The Morgan fingerprint density at radius 1 is 1.50 bits per heavy atom. The van der Waals surface area contributed by atoms with Gasteiger partial charge in [-0.2, -0.15) is 0 Å². The molecule has 10 heavy (non-hydrogen) atoms. The van der Waals surface area contributed by atoms with Crippen molar-refractivity contribution >= 4 is 0 Å². The Balaban J connectivity index is 3.77. The summed E-state index contributed by atoms with van der Waals surface area (Å²) in [4.78, 5) is 0. The highest BCUT2D eigenvalue weighted by atomic mass is 14.6. The normalized spacial score (nSPS) is 11.6. The smallest absolute Gasteiger partial charge is 0.00829 e. The van der Waals surface area contributed by atoms with E-state index in [-0.39, 0.29) is 0 Å². The van der Waals surface area contributed by atoms with Crippen LogP contribution >= 0.6 is 0 Å². The van der Waals surface area contributed by atoms with Crippen LogP contribution in [0.5, 0.6) is 0 Å². The summed E-state index contributed by atoms with van der Waals surface area (Å²) in [5.74, 6) is 0. The molecule has 0 aromatic rings. The van der Waals surface area contributed by atoms with Crippen LogP contribution in [0, 0.1) is 0 Å². The molecular formula is C9H17N. The van der Waals surface area contributed by atoms with Crippen LogP contribution in [-0.4, -0.2) is 0 Å². The van der Waals surface area contributed by atoms with Crippen molar-refractivity contribution in [1.29, 1.82) is 0 Å². The van der Waals surface area contributed by atoms with E-state index in [1.54, 1.807) is 0 Å². The summed E-state index contributed by atoms with van der Waals surface area (Å²) in [7, 11) is 0. The second kappa shape index (κ2) is 5.10. The number of allylic oxidation sites excluding steroid dienone is 3. The van der Waals surface area contributed by atoms with Gasteiger partial charge in [0.05, 0.1) is 0 Å². The van der Waals surface area contributed by atoms with Crippen LogP contribution in [0.2, 0.25) is 0 Å². The molecule has 0 fully saturated rings. The molecule has 0 bridgehead atoms. The average molecular weight is 139 g/mol. The van der Waals surface area contributed by atoms with Crippen molar-refractivity contribution in [3.05, 3.63) is 23.9 Å². The molecule has 0 spiro atoms. The Hall–Kier alpha value is -0.720. The summed E-state index contributed by atoms with van der Waals surface area (Å²) in [6, 6.07) is 0. The molecule has 0 aliphatic carbocycles. The zero-order valence-corrected chi connectivity index (χ0v) is 6.98. The molecule has 0 aliphatic rings. The third-order valence-corrected chi connectivity index (χ3v) is 1.38. The van der Waals surface area contributed by atoms with Crippen molar-refractivity contribution in [3.8, 4) is 0 Å². The van der Waals surface area contributed by atoms with Gasteiger partial charge in [0.2, 0.25) is 0 Å². The largest absolute Gasteiger partial charge is 0.402 e. The quantitative estimate of drug-likeness (QED) is 0.595. The molecule has 0 aromatic carbocycles. The lowest BCUT2D eigenvalue weighted by molar-refractivity contribution is 0.889. The van der Waals surface area contributed by atoms with Crippen LogP contribution in [0.15, 0.2) is 23.9 Å². The fourth-order valence-electron chi connectivity index (χ4n) is 0.725. The first-order valence-corrected chi connectivity index (χ1v) is 3.84. The van der Waals surface area contributed by atoms with E-state index in [4.69, 9.17) is 5.73 Å². The summed E-state index contributed by atoms with van der Waals surface area (Å²) >= 11 is 0. The van der Waals surface area contributed by atoms with Gasteiger partial charge in [0, 0.05) is 5.70 Å². The van der Waals surface area contributed by atoms with E-state index in [1.807, 2.05) is 6.08 Å². The Bertz CT molecular complexity index is 134. The highest BCUT2D eigenvalue weighted by Gasteiger charge is 1.88. The molecule has 2 N–H and O–H groups in total. The molecule has 0 unspecified atom stereocenters. The second-order valence-corrected chi connectivity index (χ2v) is 2.48. The van der Waals surface area contributed by atoms with E-state index in [0.29, 0.717) is 0 Å². The molecule has 0 saturated heterocycles. The van der Waals surface area contributed by atoms with Crippen molar-refractivity contribution in [2.75, 3.05) is 0 Å². The van der Waals surface area contributed by atoms with E-state index in [2.05, 4.69) is 20.4 Å². The van der Waals surface area contributed by atoms with Crippen LogP contribution in [-0.2, 0) is 0 Å². The number of nitrogens with two attached hydrogens (primary N) is 1. The van der Waals surface area contributed by atoms with E-state index in [1.165, 1.54) is 0 Å². The Morgan fingerprint density at radius 3 is 2.50 bits per heavy atom. The van der Waals surface area contributed by atoms with Gasteiger partial charge >= 0.3 is 0 Å². The van der Waals surface area contributed by atoms with Crippen molar-refractivity contribution in [2.24, 2.45) is 5.73 Å². The predicted octanol–water partition coefficient (Wildman–Crippen LogP) is 2.60. The maximum absolute atomic E-state index is 5.66. The predicted molar refractivity (Wildman–Crippen MR) is 46.6 cm³/mol. The minimum absolute atomic E-state index is 0.953. The Morgan fingerprint density at radius 2 is 2.10 bits per heavy atom. The topological polar surface area (TPSA) is 26.0 Å². The highest BCUT2D eigenvalue weighted by molar-refractivity contribution is 5.18. The lowest BCUT2D eigenvalue weighted by atomic mass is 10.1. The molecule has 0 saturated carbocycles. The van der Waals surface area contributed by atoms with Gasteiger partial charge in [-0.05, 0) is 18.9 Å². The maximum atomic E-state index is 5.66. The summed E-state index contributed by atoms with van der Waals surface area (Å²) in [6.07, 6.45) is 5.06. The molecule has 1 nitrogen and oxygen atoms in total. The molecule has 0 heterocycles. The van der Waals surface area contributed by atoms with Gasteiger partial charge in [-0.25, -0.2) is 0 Å². The maximum Gasteiger partial charge on any atom is 0.00829 e. The van der Waals surface area contributed by atoms with Gasteiger partial charge in [0.1, 0.15) is 0 Å². The summed E-state index contributed by atoms with van der Waals surface area (Å²) in [5.41, 5.74) is 7.73. The lowest BCUT2D eigenvalue weighted by Crippen LogP contribution is -1.96. The Kier molecular flexibility index (Phi) is 4.73. The van der Waals surface area contributed by atoms with E-state index in [0.717, 1.165) is 30.5 Å². The van der Waals surface area contributed by atoms with E-state index in [9.17, 15) is 0 Å². The molecular weight excluding hydrogens is 122 g/mol. The third-order valence-electron chi connectivity index (χ3n) is 1.38. The summed E-state index contributed by atoms with van der Waals surface area (Å²) < 4.78 is 0. The van der Waals surface area contributed by atoms with Crippen LogP contribution < -0.4 is 5.73 Å². The molecule has 0 rings (SSSR count). The molecule has 0 aliphatic heterocycles. The standard InChI is InChI=1S/C9H17N/c1-4-6-9(10)7-8(3)5-2/h7H,3-6,10H2,1-2H3/b9-7-. The molecule has 0 amide bonds.